The zero-order chi connectivity index (χ0) is 9.42. The number of fused-ring (bicyclic) bond motifs is 1. The SMILES string of the molecule is N[C@H]1CCCc2c(Cl)cc(Cl)cc21. The average molecular weight is 216 g/mol. The van der Waals surface area contributed by atoms with E-state index in [1.807, 2.05) is 6.07 Å². The fourth-order valence-corrected chi connectivity index (χ4v) is 2.48. The molecule has 0 aromatic heterocycles. The van der Waals surface area contributed by atoms with Gasteiger partial charge in [-0.05, 0) is 42.5 Å². The molecule has 0 aliphatic heterocycles. The number of hydrogen-bond acceptors (Lipinski definition) is 1. The van der Waals surface area contributed by atoms with Crippen LogP contribution in [0.4, 0.5) is 0 Å². The number of halogens is 2. The predicted octanol–water partition coefficient (Wildman–Crippen LogP) is 3.33. The maximum absolute atomic E-state index is 6.07. The Morgan fingerprint density at radius 2 is 2.08 bits per heavy atom. The zero-order valence-electron chi connectivity index (χ0n) is 7.19. The van der Waals surface area contributed by atoms with Gasteiger partial charge in [-0.25, -0.2) is 0 Å². The van der Waals surface area contributed by atoms with Gasteiger partial charge in [0.15, 0.2) is 0 Å². The lowest BCUT2D eigenvalue weighted by Gasteiger charge is -2.23. The molecule has 0 amide bonds. The van der Waals surface area contributed by atoms with Gasteiger partial charge in [-0.1, -0.05) is 23.2 Å². The number of benzene rings is 1. The molecule has 1 aromatic carbocycles. The summed E-state index contributed by atoms with van der Waals surface area (Å²) in [5.41, 5.74) is 8.28. The second-order valence-corrected chi connectivity index (χ2v) is 4.30. The van der Waals surface area contributed by atoms with Crippen molar-refractivity contribution in [2.45, 2.75) is 25.3 Å². The van der Waals surface area contributed by atoms with Crippen molar-refractivity contribution in [3.05, 3.63) is 33.3 Å². The first-order valence-electron chi connectivity index (χ1n) is 4.42. The molecule has 1 atom stereocenters. The lowest BCUT2D eigenvalue weighted by Crippen LogP contribution is -2.17. The molecule has 13 heavy (non-hydrogen) atoms. The van der Waals surface area contributed by atoms with Crippen LogP contribution in [0.3, 0.4) is 0 Å². The number of hydrogen-bond donors (Lipinski definition) is 1. The topological polar surface area (TPSA) is 26.0 Å². The van der Waals surface area contributed by atoms with Crippen LogP contribution in [0.2, 0.25) is 10.0 Å². The normalized spacial score (nSPS) is 21.3. The standard InChI is InChI=1S/C10H11Cl2N/c11-6-4-8-7(9(12)5-6)2-1-3-10(8)13/h4-5,10H,1-3,13H2/t10-/m0/s1. The van der Waals surface area contributed by atoms with E-state index in [1.165, 1.54) is 5.56 Å². The lowest BCUT2D eigenvalue weighted by atomic mass is 9.88. The highest BCUT2D eigenvalue weighted by atomic mass is 35.5. The van der Waals surface area contributed by atoms with Crippen molar-refractivity contribution in [2.24, 2.45) is 5.73 Å². The van der Waals surface area contributed by atoms with E-state index in [-0.39, 0.29) is 6.04 Å². The van der Waals surface area contributed by atoms with Gasteiger partial charge in [0.1, 0.15) is 0 Å². The van der Waals surface area contributed by atoms with Crippen molar-refractivity contribution >= 4 is 23.2 Å². The van der Waals surface area contributed by atoms with E-state index in [4.69, 9.17) is 28.9 Å². The van der Waals surface area contributed by atoms with Gasteiger partial charge in [0.2, 0.25) is 0 Å². The molecule has 1 aliphatic carbocycles. The maximum atomic E-state index is 6.07. The van der Waals surface area contributed by atoms with Gasteiger partial charge in [0.05, 0.1) is 0 Å². The molecular formula is C10H11Cl2N. The van der Waals surface area contributed by atoms with Crippen molar-refractivity contribution < 1.29 is 0 Å². The second-order valence-electron chi connectivity index (χ2n) is 3.45. The predicted molar refractivity (Wildman–Crippen MR) is 56.3 cm³/mol. The van der Waals surface area contributed by atoms with Crippen LogP contribution in [-0.2, 0) is 6.42 Å². The van der Waals surface area contributed by atoms with Gasteiger partial charge >= 0.3 is 0 Å². The first-order chi connectivity index (χ1) is 6.18. The van der Waals surface area contributed by atoms with Crippen LogP contribution in [-0.4, -0.2) is 0 Å². The molecule has 0 bridgehead atoms. The summed E-state index contributed by atoms with van der Waals surface area (Å²) in [5.74, 6) is 0. The molecular weight excluding hydrogens is 205 g/mol. The van der Waals surface area contributed by atoms with Crippen molar-refractivity contribution in [1.82, 2.24) is 0 Å². The smallest absolute Gasteiger partial charge is 0.0456 e. The van der Waals surface area contributed by atoms with Crippen LogP contribution in [0, 0.1) is 0 Å². The van der Waals surface area contributed by atoms with Crippen LogP contribution in [0.25, 0.3) is 0 Å². The van der Waals surface area contributed by atoms with E-state index in [1.54, 1.807) is 6.07 Å². The van der Waals surface area contributed by atoms with E-state index in [9.17, 15) is 0 Å². The van der Waals surface area contributed by atoms with Gasteiger partial charge < -0.3 is 5.73 Å². The summed E-state index contributed by atoms with van der Waals surface area (Å²) in [6.45, 7) is 0. The van der Waals surface area contributed by atoms with Crippen LogP contribution < -0.4 is 5.73 Å². The van der Waals surface area contributed by atoms with E-state index in [0.717, 1.165) is 29.8 Å². The van der Waals surface area contributed by atoms with Gasteiger partial charge in [-0.2, -0.15) is 0 Å². The third-order valence-corrected chi connectivity index (χ3v) is 3.09. The summed E-state index contributed by atoms with van der Waals surface area (Å²) in [6, 6.07) is 3.84. The van der Waals surface area contributed by atoms with Crippen molar-refractivity contribution in [2.75, 3.05) is 0 Å². The Bertz CT molecular complexity index is 336. The summed E-state index contributed by atoms with van der Waals surface area (Å²) in [7, 11) is 0. The van der Waals surface area contributed by atoms with Crippen molar-refractivity contribution in [3.63, 3.8) is 0 Å². The first-order valence-corrected chi connectivity index (χ1v) is 5.17. The van der Waals surface area contributed by atoms with Gasteiger partial charge in [0.25, 0.3) is 0 Å². The van der Waals surface area contributed by atoms with E-state index >= 15 is 0 Å². The molecule has 0 fully saturated rings. The minimum Gasteiger partial charge on any atom is -0.324 e. The monoisotopic (exact) mass is 215 g/mol. The Kier molecular flexibility index (Phi) is 2.50. The van der Waals surface area contributed by atoms with E-state index < -0.39 is 0 Å². The van der Waals surface area contributed by atoms with E-state index in [0.29, 0.717) is 5.02 Å². The molecule has 0 radical (unpaired) electrons. The lowest BCUT2D eigenvalue weighted by molar-refractivity contribution is 0.570. The molecule has 0 saturated heterocycles. The molecule has 70 valence electrons. The summed E-state index contributed by atoms with van der Waals surface area (Å²) < 4.78 is 0. The largest absolute Gasteiger partial charge is 0.324 e. The molecule has 1 aliphatic rings. The van der Waals surface area contributed by atoms with Crippen LogP contribution in [0.15, 0.2) is 12.1 Å². The summed E-state index contributed by atoms with van der Waals surface area (Å²) in [5, 5.41) is 1.44. The molecule has 1 nitrogen and oxygen atoms in total. The zero-order valence-corrected chi connectivity index (χ0v) is 8.70. The molecule has 0 heterocycles. The Morgan fingerprint density at radius 1 is 1.31 bits per heavy atom. The summed E-state index contributed by atoms with van der Waals surface area (Å²) in [6.07, 6.45) is 3.18. The summed E-state index contributed by atoms with van der Waals surface area (Å²) >= 11 is 12.0. The van der Waals surface area contributed by atoms with Crippen LogP contribution in [0.5, 0.6) is 0 Å². The molecule has 1 aromatic rings. The van der Waals surface area contributed by atoms with Gasteiger partial charge in [-0.3, -0.25) is 0 Å². The number of rotatable bonds is 0. The maximum Gasteiger partial charge on any atom is 0.0456 e. The fourth-order valence-electron chi connectivity index (χ4n) is 1.87. The van der Waals surface area contributed by atoms with Gasteiger partial charge in [-0.15, -0.1) is 0 Å². The van der Waals surface area contributed by atoms with Crippen molar-refractivity contribution in [3.8, 4) is 0 Å². The number of nitrogens with two attached hydrogens (primary N) is 1. The average Bonchev–Trinajstić information content (AvgIpc) is 2.07. The molecule has 2 rings (SSSR count). The highest BCUT2D eigenvalue weighted by Crippen LogP contribution is 2.34. The Hall–Kier alpha value is -0.240. The highest BCUT2D eigenvalue weighted by Gasteiger charge is 2.19. The quantitative estimate of drug-likeness (QED) is 0.707. The Morgan fingerprint density at radius 3 is 2.85 bits per heavy atom. The minimum atomic E-state index is 0.111. The van der Waals surface area contributed by atoms with Crippen LogP contribution >= 0.6 is 23.2 Å². The Labute approximate surface area is 87.8 Å². The summed E-state index contributed by atoms with van der Waals surface area (Å²) in [4.78, 5) is 0. The van der Waals surface area contributed by atoms with Crippen molar-refractivity contribution in [1.29, 1.82) is 0 Å². The minimum absolute atomic E-state index is 0.111. The second kappa shape index (κ2) is 3.49. The molecule has 3 heteroatoms. The highest BCUT2D eigenvalue weighted by molar-refractivity contribution is 6.35. The molecule has 0 spiro atoms. The van der Waals surface area contributed by atoms with Gasteiger partial charge in [0, 0.05) is 16.1 Å². The third-order valence-electron chi connectivity index (χ3n) is 2.54. The third kappa shape index (κ3) is 1.69. The van der Waals surface area contributed by atoms with E-state index in [2.05, 4.69) is 0 Å². The molecule has 0 saturated carbocycles. The molecule has 2 N–H and O–H groups in total. The fraction of sp³-hybridized carbons (Fsp3) is 0.400. The first kappa shape index (κ1) is 9.32. The Balaban J connectivity index is 2.56. The van der Waals surface area contributed by atoms with Crippen LogP contribution in [0.1, 0.15) is 30.0 Å². The molecule has 0 unspecified atom stereocenters.